The van der Waals surface area contributed by atoms with Gasteiger partial charge >= 0.3 is 0 Å². The smallest absolute Gasteiger partial charge is 0.144 e. The number of nitriles is 1. The van der Waals surface area contributed by atoms with Gasteiger partial charge in [-0.25, -0.2) is 4.98 Å². The van der Waals surface area contributed by atoms with Crippen molar-refractivity contribution in [3.8, 4) is 16.5 Å². The summed E-state index contributed by atoms with van der Waals surface area (Å²) in [4.78, 5) is 5.31. The van der Waals surface area contributed by atoms with E-state index in [0.717, 1.165) is 16.2 Å². The second-order valence-corrected chi connectivity index (χ2v) is 5.05. The lowest BCUT2D eigenvalue weighted by Gasteiger charge is -2.08. The molecule has 98 valence electrons. The zero-order valence-corrected chi connectivity index (χ0v) is 11.4. The lowest BCUT2D eigenvalue weighted by atomic mass is 10.1. The molecule has 3 aromatic rings. The molecule has 0 aromatic carbocycles. The fourth-order valence-corrected chi connectivity index (χ4v) is 2.69. The summed E-state index contributed by atoms with van der Waals surface area (Å²) in [6.07, 6.45) is 3.33. The Kier molecular flexibility index (Phi) is 3.48. The Bertz CT molecular complexity index is 727. The first-order chi connectivity index (χ1) is 9.88. The van der Waals surface area contributed by atoms with E-state index in [1.807, 2.05) is 35.7 Å². The normalized spacial score (nSPS) is 10.2. The Labute approximate surface area is 120 Å². The molecule has 0 saturated heterocycles. The Hall–Kier alpha value is -2.58. The van der Waals surface area contributed by atoms with Gasteiger partial charge in [-0.1, -0.05) is 6.07 Å². The van der Waals surface area contributed by atoms with Crippen LogP contribution in [-0.4, -0.2) is 4.98 Å². The molecule has 20 heavy (non-hydrogen) atoms. The number of rotatable bonds is 4. The van der Waals surface area contributed by atoms with Crippen molar-refractivity contribution in [2.45, 2.75) is 6.54 Å². The number of aromatic nitrogens is 1. The summed E-state index contributed by atoms with van der Waals surface area (Å²) in [7, 11) is 0. The van der Waals surface area contributed by atoms with Gasteiger partial charge < -0.3 is 9.73 Å². The van der Waals surface area contributed by atoms with E-state index in [1.165, 1.54) is 0 Å². The molecule has 0 aliphatic carbocycles. The first-order valence-electron chi connectivity index (χ1n) is 6.07. The summed E-state index contributed by atoms with van der Waals surface area (Å²) in [6.45, 7) is 0.503. The zero-order valence-electron chi connectivity index (χ0n) is 10.5. The van der Waals surface area contributed by atoms with E-state index in [1.54, 1.807) is 23.8 Å². The van der Waals surface area contributed by atoms with Gasteiger partial charge in [-0.05, 0) is 29.6 Å². The molecule has 4 nitrogen and oxygen atoms in total. The van der Waals surface area contributed by atoms with Crippen molar-refractivity contribution in [1.29, 1.82) is 5.26 Å². The monoisotopic (exact) mass is 281 g/mol. The fraction of sp³-hybridized carbons (Fsp3) is 0.0667. The molecule has 0 aliphatic heterocycles. The van der Waals surface area contributed by atoms with E-state index < -0.39 is 0 Å². The topological polar surface area (TPSA) is 61.9 Å². The van der Waals surface area contributed by atoms with E-state index in [9.17, 15) is 5.26 Å². The van der Waals surface area contributed by atoms with Gasteiger partial charge in [0.15, 0.2) is 0 Å². The van der Waals surface area contributed by atoms with Crippen molar-refractivity contribution in [3.05, 3.63) is 59.5 Å². The Morgan fingerprint density at radius 1 is 1.30 bits per heavy atom. The van der Waals surface area contributed by atoms with Crippen LogP contribution in [0.3, 0.4) is 0 Å². The molecule has 0 bridgehead atoms. The Morgan fingerprint density at radius 2 is 2.25 bits per heavy atom. The Balaban J connectivity index is 1.91. The summed E-state index contributed by atoms with van der Waals surface area (Å²) in [6, 6.07) is 11.8. The first-order valence-corrected chi connectivity index (χ1v) is 6.95. The van der Waals surface area contributed by atoms with E-state index >= 15 is 0 Å². The van der Waals surface area contributed by atoms with Crippen LogP contribution in [0.5, 0.6) is 0 Å². The third-order valence-corrected chi connectivity index (χ3v) is 3.76. The predicted octanol–water partition coefficient (Wildman–Crippen LogP) is 3.89. The SMILES string of the molecule is N#Cc1c(-c2cccs2)ccnc1NCc1ccco1. The number of nitrogens with zero attached hydrogens (tertiary/aromatic N) is 2. The van der Waals surface area contributed by atoms with Gasteiger partial charge in [0.25, 0.3) is 0 Å². The number of hydrogen-bond donors (Lipinski definition) is 1. The van der Waals surface area contributed by atoms with Crippen molar-refractivity contribution in [3.63, 3.8) is 0 Å². The number of nitrogens with one attached hydrogen (secondary N) is 1. The van der Waals surface area contributed by atoms with Crippen molar-refractivity contribution in [2.24, 2.45) is 0 Å². The molecule has 5 heteroatoms. The fourth-order valence-electron chi connectivity index (χ4n) is 1.93. The second-order valence-electron chi connectivity index (χ2n) is 4.10. The molecular weight excluding hydrogens is 270 g/mol. The summed E-state index contributed by atoms with van der Waals surface area (Å²) < 4.78 is 5.26. The van der Waals surface area contributed by atoms with E-state index in [4.69, 9.17) is 4.42 Å². The minimum Gasteiger partial charge on any atom is -0.467 e. The predicted molar refractivity (Wildman–Crippen MR) is 78.3 cm³/mol. The van der Waals surface area contributed by atoms with Crippen molar-refractivity contribution < 1.29 is 4.42 Å². The molecular formula is C15H11N3OS. The molecule has 0 saturated carbocycles. The molecule has 3 heterocycles. The zero-order chi connectivity index (χ0) is 13.8. The number of thiophene rings is 1. The number of hydrogen-bond acceptors (Lipinski definition) is 5. The molecule has 3 aromatic heterocycles. The molecule has 1 N–H and O–H groups in total. The molecule has 0 unspecified atom stereocenters. The van der Waals surface area contributed by atoms with Crippen LogP contribution in [-0.2, 0) is 6.54 Å². The highest BCUT2D eigenvalue weighted by molar-refractivity contribution is 7.13. The van der Waals surface area contributed by atoms with Crippen LogP contribution in [0.15, 0.2) is 52.6 Å². The van der Waals surface area contributed by atoms with Crippen LogP contribution in [0.2, 0.25) is 0 Å². The maximum atomic E-state index is 9.41. The number of pyridine rings is 1. The van der Waals surface area contributed by atoms with Gasteiger partial charge in [-0.3, -0.25) is 0 Å². The van der Waals surface area contributed by atoms with Crippen LogP contribution in [0.1, 0.15) is 11.3 Å². The van der Waals surface area contributed by atoms with E-state index in [2.05, 4.69) is 16.4 Å². The van der Waals surface area contributed by atoms with Gasteiger partial charge in [0.1, 0.15) is 23.2 Å². The maximum Gasteiger partial charge on any atom is 0.144 e. The van der Waals surface area contributed by atoms with Gasteiger partial charge in [-0.2, -0.15) is 5.26 Å². The van der Waals surface area contributed by atoms with Crippen molar-refractivity contribution >= 4 is 17.2 Å². The molecule has 0 spiro atoms. The third-order valence-electron chi connectivity index (χ3n) is 2.86. The highest BCUT2D eigenvalue weighted by Gasteiger charge is 2.12. The summed E-state index contributed by atoms with van der Waals surface area (Å²) >= 11 is 1.60. The minimum absolute atomic E-state index is 0.503. The maximum absolute atomic E-state index is 9.41. The van der Waals surface area contributed by atoms with Gasteiger partial charge in [0.2, 0.25) is 0 Å². The van der Waals surface area contributed by atoms with Crippen LogP contribution < -0.4 is 5.32 Å². The summed E-state index contributed by atoms with van der Waals surface area (Å²) in [5, 5.41) is 14.5. The Morgan fingerprint density at radius 3 is 2.95 bits per heavy atom. The van der Waals surface area contributed by atoms with E-state index in [-0.39, 0.29) is 0 Å². The van der Waals surface area contributed by atoms with Crippen molar-refractivity contribution in [2.75, 3.05) is 5.32 Å². The quantitative estimate of drug-likeness (QED) is 0.788. The molecule has 0 aliphatic rings. The van der Waals surface area contributed by atoms with Gasteiger partial charge in [-0.15, -0.1) is 11.3 Å². The number of anilines is 1. The largest absolute Gasteiger partial charge is 0.467 e. The lowest BCUT2D eigenvalue weighted by Crippen LogP contribution is -2.03. The average molecular weight is 281 g/mol. The minimum atomic E-state index is 0.503. The molecule has 0 fully saturated rings. The van der Waals surface area contributed by atoms with Crippen LogP contribution in [0, 0.1) is 11.3 Å². The third kappa shape index (κ3) is 2.42. The molecule has 0 radical (unpaired) electrons. The second kappa shape index (κ2) is 5.59. The lowest BCUT2D eigenvalue weighted by molar-refractivity contribution is 0.518. The van der Waals surface area contributed by atoms with Crippen LogP contribution in [0.4, 0.5) is 5.82 Å². The van der Waals surface area contributed by atoms with Crippen LogP contribution in [0.25, 0.3) is 10.4 Å². The standard InChI is InChI=1S/C15H11N3OS/c16-9-13-12(14-4-2-8-20-14)5-6-17-15(13)18-10-11-3-1-7-19-11/h1-8H,10H2,(H,17,18). The highest BCUT2D eigenvalue weighted by atomic mass is 32.1. The van der Waals surface area contributed by atoms with Crippen molar-refractivity contribution in [1.82, 2.24) is 4.98 Å². The van der Waals surface area contributed by atoms with Gasteiger partial charge in [0.05, 0.1) is 12.8 Å². The van der Waals surface area contributed by atoms with Gasteiger partial charge in [0, 0.05) is 16.6 Å². The molecule has 0 amide bonds. The van der Waals surface area contributed by atoms with Crippen LogP contribution >= 0.6 is 11.3 Å². The number of furan rings is 1. The molecule has 0 atom stereocenters. The average Bonchev–Trinajstić information content (AvgIpc) is 3.17. The molecule has 3 rings (SSSR count). The first kappa shape index (κ1) is 12.5. The summed E-state index contributed by atoms with van der Waals surface area (Å²) in [5.41, 5.74) is 1.46. The highest BCUT2D eigenvalue weighted by Crippen LogP contribution is 2.30. The van der Waals surface area contributed by atoms with E-state index in [0.29, 0.717) is 17.9 Å². The summed E-state index contributed by atoms with van der Waals surface area (Å²) in [5.74, 6) is 1.38.